The smallest absolute Gasteiger partial charge is 0.227 e. The van der Waals surface area contributed by atoms with Gasteiger partial charge in [-0.3, -0.25) is 0 Å². The van der Waals surface area contributed by atoms with Crippen LogP contribution in [-0.4, -0.2) is 12.1 Å². The monoisotopic (exact) mass is 253 g/mol. The van der Waals surface area contributed by atoms with Crippen molar-refractivity contribution in [3.05, 3.63) is 48.0 Å². The molecule has 0 radical (unpaired) electrons. The lowest BCUT2D eigenvalue weighted by molar-refractivity contribution is 0.415. The first-order valence-electron chi connectivity index (χ1n) is 6.34. The molecule has 3 nitrogen and oxygen atoms in total. The number of oxazole rings is 1. The summed E-state index contributed by atoms with van der Waals surface area (Å²) in [7, 11) is 1.64. The number of methoxy groups -OCH3 is 1. The van der Waals surface area contributed by atoms with Gasteiger partial charge in [0, 0.05) is 11.6 Å². The molecule has 3 heteroatoms. The zero-order valence-corrected chi connectivity index (χ0v) is 11.0. The van der Waals surface area contributed by atoms with Crippen molar-refractivity contribution in [2.24, 2.45) is 0 Å². The van der Waals surface area contributed by atoms with Crippen LogP contribution in [0.4, 0.5) is 0 Å². The maximum absolute atomic E-state index is 5.76. The number of fused-ring (bicyclic) bond motifs is 1. The number of aromatic nitrogens is 1. The van der Waals surface area contributed by atoms with Crippen LogP contribution in [0.2, 0.25) is 0 Å². The lowest BCUT2D eigenvalue weighted by atomic mass is 10.1. The summed E-state index contributed by atoms with van der Waals surface area (Å²) in [4.78, 5) is 4.50. The van der Waals surface area contributed by atoms with Crippen LogP contribution in [0.25, 0.3) is 22.6 Å². The highest BCUT2D eigenvalue weighted by molar-refractivity contribution is 5.77. The van der Waals surface area contributed by atoms with Crippen LogP contribution in [0.3, 0.4) is 0 Å². The molecular weight excluding hydrogens is 238 g/mol. The van der Waals surface area contributed by atoms with E-state index in [9.17, 15) is 0 Å². The van der Waals surface area contributed by atoms with E-state index in [-0.39, 0.29) is 0 Å². The van der Waals surface area contributed by atoms with Gasteiger partial charge in [0.1, 0.15) is 11.3 Å². The zero-order valence-electron chi connectivity index (χ0n) is 11.0. The SMILES string of the molecule is CCc1ccc(-c2nc3cc(OC)ccc3o2)cc1. The minimum Gasteiger partial charge on any atom is -0.497 e. The molecule has 0 atom stereocenters. The third kappa shape index (κ3) is 2.19. The summed E-state index contributed by atoms with van der Waals surface area (Å²) in [6, 6.07) is 13.9. The Bertz CT molecular complexity index is 698. The number of rotatable bonds is 3. The highest BCUT2D eigenvalue weighted by Gasteiger charge is 2.08. The van der Waals surface area contributed by atoms with Crippen LogP contribution in [0, 0.1) is 0 Å². The third-order valence-corrected chi connectivity index (χ3v) is 3.20. The summed E-state index contributed by atoms with van der Waals surface area (Å²) in [6.07, 6.45) is 1.03. The second-order valence-electron chi connectivity index (χ2n) is 4.40. The predicted molar refractivity (Wildman–Crippen MR) is 75.4 cm³/mol. The Morgan fingerprint density at radius 3 is 2.58 bits per heavy atom. The molecule has 3 aromatic rings. The fourth-order valence-corrected chi connectivity index (χ4v) is 2.04. The number of aryl methyl sites for hydroxylation is 1. The third-order valence-electron chi connectivity index (χ3n) is 3.20. The van der Waals surface area contributed by atoms with Crippen molar-refractivity contribution in [1.29, 1.82) is 0 Å². The van der Waals surface area contributed by atoms with E-state index in [1.807, 2.05) is 30.3 Å². The van der Waals surface area contributed by atoms with Gasteiger partial charge in [-0.2, -0.15) is 0 Å². The maximum Gasteiger partial charge on any atom is 0.227 e. The fraction of sp³-hybridized carbons (Fsp3) is 0.188. The molecular formula is C16H15NO2. The Hall–Kier alpha value is -2.29. The number of benzene rings is 2. The highest BCUT2D eigenvalue weighted by Crippen LogP contribution is 2.27. The summed E-state index contributed by atoms with van der Waals surface area (Å²) in [5.41, 5.74) is 3.89. The van der Waals surface area contributed by atoms with Gasteiger partial charge >= 0.3 is 0 Å². The summed E-state index contributed by atoms with van der Waals surface area (Å²) < 4.78 is 10.9. The van der Waals surface area contributed by atoms with Gasteiger partial charge in [0.2, 0.25) is 5.89 Å². The maximum atomic E-state index is 5.76. The van der Waals surface area contributed by atoms with Gasteiger partial charge in [-0.25, -0.2) is 4.98 Å². The molecule has 0 aliphatic heterocycles. The molecule has 0 amide bonds. The zero-order chi connectivity index (χ0) is 13.2. The van der Waals surface area contributed by atoms with E-state index in [0.717, 1.165) is 28.8 Å². The molecule has 0 aliphatic rings. The molecule has 0 saturated heterocycles. The number of nitrogens with zero attached hydrogens (tertiary/aromatic N) is 1. The minimum absolute atomic E-state index is 0.644. The number of hydrogen-bond acceptors (Lipinski definition) is 3. The van der Waals surface area contributed by atoms with Crippen LogP contribution >= 0.6 is 0 Å². The first kappa shape index (κ1) is 11.8. The standard InChI is InChI=1S/C16H15NO2/c1-3-11-4-6-12(7-5-11)16-17-14-10-13(18-2)8-9-15(14)19-16/h4-10H,3H2,1-2H3. The summed E-state index contributed by atoms with van der Waals surface area (Å²) in [5.74, 6) is 1.43. The molecule has 3 rings (SSSR count). The van der Waals surface area contributed by atoms with Gasteiger partial charge in [0.25, 0.3) is 0 Å². The van der Waals surface area contributed by atoms with E-state index in [0.29, 0.717) is 5.89 Å². The van der Waals surface area contributed by atoms with E-state index in [1.165, 1.54) is 5.56 Å². The molecule has 0 unspecified atom stereocenters. The summed E-state index contributed by atoms with van der Waals surface area (Å²) in [6.45, 7) is 2.14. The average molecular weight is 253 g/mol. The Balaban J connectivity index is 2.04. The normalized spacial score (nSPS) is 10.8. The van der Waals surface area contributed by atoms with E-state index < -0.39 is 0 Å². The second-order valence-corrected chi connectivity index (χ2v) is 4.40. The van der Waals surface area contributed by atoms with Crippen molar-refractivity contribution >= 4 is 11.1 Å². The van der Waals surface area contributed by atoms with Gasteiger partial charge < -0.3 is 9.15 Å². The van der Waals surface area contributed by atoms with Crippen molar-refractivity contribution in [3.8, 4) is 17.2 Å². The first-order chi connectivity index (χ1) is 9.30. The molecule has 2 aromatic carbocycles. The first-order valence-corrected chi connectivity index (χ1v) is 6.34. The van der Waals surface area contributed by atoms with Gasteiger partial charge in [-0.05, 0) is 36.2 Å². The molecule has 19 heavy (non-hydrogen) atoms. The van der Waals surface area contributed by atoms with E-state index in [1.54, 1.807) is 7.11 Å². The Kier molecular flexibility index (Phi) is 2.95. The second kappa shape index (κ2) is 4.76. The Labute approximate surface area is 111 Å². The predicted octanol–water partition coefficient (Wildman–Crippen LogP) is 4.07. The van der Waals surface area contributed by atoms with Crippen molar-refractivity contribution in [2.75, 3.05) is 7.11 Å². The van der Waals surface area contributed by atoms with Crippen LogP contribution in [0.15, 0.2) is 46.9 Å². The quantitative estimate of drug-likeness (QED) is 0.706. The van der Waals surface area contributed by atoms with E-state index in [4.69, 9.17) is 9.15 Å². The molecule has 0 bridgehead atoms. The van der Waals surface area contributed by atoms with Gasteiger partial charge in [0.15, 0.2) is 5.58 Å². The van der Waals surface area contributed by atoms with E-state index in [2.05, 4.69) is 24.0 Å². The molecule has 0 fully saturated rings. The molecule has 1 aromatic heterocycles. The van der Waals surface area contributed by atoms with Gasteiger partial charge in [-0.1, -0.05) is 19.1 Å². The Morgan fingerprint density at radius 2 is 1.89 bits per heavy atom. The highest BCUT2D eigenvalue weighted by atomic mass is 16.5. The van der Waals surface area contributed by atoms with Crippen molar-refractivity contribution in [2.45, 2.75) is 13.3 Å². The molecule has 96 valence electrons. The Morgan fingerprint density at radius 1 is 1.11 bits per heavy atom. The number of ether oxygens (including phenoxy) is 1. The van der Waals surface area contributed by atoms with Crippen molar-refractivity contribution < 1.29 is 9.15 Å². The average Bonchev–Trinajstić information content (AvgIpc) is 2.90. The van der Waals surface area contributed by atoms with Gasteiger partial charge in [0.05, 0.1) is 7.11 Å². The van der Waals surface area contributed by atoms with Crippen LogP contribution in [0.5, 0.6) is 5.75 Å². The molecule has 1 heterocycles. The lowest BCUT2D eigenvalue weighted by Crippen LogP contribution is -1.82. The molecule has 0 saturated carbocycles. The molecule has 0 N–H and O–H groups in total. The van der Waals surface area contributed by atoms with Crippen LogP contribution in [0.1, 0.15) is 12.5 Å². The molecule has 0 aliphatic carbocycles. The van der Waals surface area contributed by atoms with Crippen molar-refractivity contribution in [3.63, 3.8) is 0 Å². The summed E-state index contributed by atoms with van der Waals surface area (Å²) >= 11 is 0. The molecule has 0 spiro atoms. The lowest BCUT2D eigenvalue weighted by Gasteiger charge is -1.97. The van der Waals surface area contributed by atoms with Crippen molar-refractivity contribution in [1.82, 2.24) is 4.98 Å². The van der Waals surface area contributed by atoms with E-state index >= 15 is 0 Å². The largest absolute Gasteiger partial charge is 0.497 e. The fourth-order valence-electron chi connectivity index (χ4n) is 2.04. The topological polar surface area (TPSA) is 35.3 Å². The van der Waals surface area contributed by atoms with Crippen LogP contribution < -0.4 is 4.74 Å². The van der Waals surface area contributed by atoms with Crippen LogP contribution in [-0.2, 0) is 6.42 Å². The summed E-state index contributed by atoms with van der Waals surface area (Å²) in [5, 5.41) is 0. The van der Waals surface area contributed by atoms with Gasteiger partial charge in [-0.15, -0.1) is 0 Å². The minimum atomic E-state index is 0.644. The number of hydrogen-bond donors (Lipinski definition) is 0.